The van der Waals surface area contributed by atoms with E-state index in [1.165, 1.54) is 22.7 Å². The predicted molar refractivity (Wildman–Crippen MR) is 59.6 cm³/mol. The number of hydrogen-bond acceptors (Lipinski definition) is 3. The molecule has 0 spiro atoms. The van der Waals surface area contributed by atoms with Crippen LogP contribution < -0.4 is 0 Å². The fourth-order valence-corrected chi connectivity index (χ4v) is 3.13. The molecule has 0 bridgehead atoms. The lowest BCUT2D eigenvalue weighted by atomic mass is 10.2. The van der Waals surface area contributed by atoms with Crippen LogP contribution in [0.1, 0.15) is 9.67 Å². The maximum absolute atomic E-state index is 10.9. The number of thiophene rings is 2. The van der Waals surface area contributed by atoms with Crippen molar-refractivity contribution in [3.8, 4) is 10.4 Å². The standard InChI is InChI=1S/C9H5ClO2S2/c10-6-2-4-13-7(6)5-1-3-14-8(5)9(11)12/h1-4H,(H,11,12). The van der Waals surface area contributed by atoms with Gasteiger partial charge in [-0.1, -0.05) is 11.6 Å². The number of hydrogen-bond donors (Lipinski definition) is 1. The van der Waals surface area contributed by atoms with Gasteiger partial charge in [-0.3, -0.25) is 0 Å². The number of carbonyl (C=O) groups is 1. The minimum Gasteiger partial charge on any atom is -0.477 e. The zero-order valence-electron chi connectivity index (χ0n) is 6.86. The molecule has 0 radical (unpaired) electrons. The van der Waals surface area contributed by atoms with Gasteiger partial charge in [-0.25, -0.2) is 4.79 Å². The van der Waals surface area contributed by atoms with Crippen LogP contribution >= 0.6 is 34.3 Å². The Balaban J connectivity index is 2.57. The third-order valence-corrected chi connectivity index (χ3v) is 4.00. The Morgan fingerprint density at radius 3 is 2.57 bits per heavy atom. The first kappa shape index (κ1) is 9.71. The third-order valence-electron chi connectivity index (χ3n) is 1.72. The van der Waals surface area contributed by atoms with Gasteiger partial charge < -0.3 is 5.11 Å². The van der Waals surface area contributed by atoms with Gasteiger partial charge in [0.2, 0.25) is 0 Å². The molecule has 2 nitrogen and oxygen atoms in total. The summed E-state index contributed by atoms with van der Waals surface area (Å²) in [4.78, 5) is 12.0. The highest BCUT2D eigenvalue weighted by molar-refractivity contribution is 7.16. The van der Waals surface area contributed by atoms with Crippen LogP contribution in [0.5, 0.6) is 0 Å². The Kier molecular flexibility index (Phi) is 2.58. The van der Waals surface area contributed by atoms with Crippen molar-refractivity contribution in [1.29, 1.82) is 0 Å². The first-order chi connectivity index (χ1) is 6.70. The molecule has 0 aliphatic carbocycles. The van der Waals surface area contributed by atoms with Crippen LogP contribution in [0.25, 0.3) is 10.4 Å². The van der Waals surface area contributed by atoms with E-state index >= 15 is 0 Å². The largest absolute Gasteiger partial charge is 0.477 e. The zero-order valence-corrected chi connectivity index (χ0v) is 9.25. The third kappa shape index (κ3) is 1.56. The van der Waals surface area contributed by atoms with Crippen LogP contribution in [0, 0.1) is 0 Å². The van der Waals surface area contributed by atoms with Gasteiger partial charge in [0.05, 0.1) is 9.90 Å². The Bertz CT molecular complexity index is 473. The number of rotatable bonds is 2. The zero-order chi connectivity index (χ0) is 10.1. The molecule has 2 aromatic heterocycles. The lowest BCUT2D eigenvalue weighted by Gasteiger charge is -1.96. The quantitative estimate of drug-likeness (QED) is 0.872. The van der Waals surface area contributed by atoms with Crippen LogP contribution in [0.15, 0.2) is 22.9 Å². The van der Waals surface area contributed by atoms with Gasteiger partial charge in [-0.15, -0.1) is 22.7 Å². The number of halogens is 1. The average Bonchev–Trinajstić information content (AvgIpc) is 2.70. The summed E-state index contributed by atoms with van der Waals surface area (Å²) < 4.78 is 0. The second kappa shape index (κ2) is 3.73. The smallest absolute Gasteiger partial charge is 0.346 e. The van der Waals surface area contributed by atoms with Gasteiger partial charge in [0.15, 0.2) is 0 Å². The molecule has 0 aliphatic rings. The molecule has 0 atom stereocenters. The maximum atomic E-state index is 10.9. The minimum absolute atomic E-state index is 0.342. The maximum Gasteiger partial charge on any atom is 0.346 e. The number of carboxylic acid groups (broad SMARTS) is 1. The van der Waals surface area contributed by atoms with Gasteiger partial charge in [0, 0.05) is 5.56 Å². The SMILES string of the molecule is O=C(O)c1sccc1-c1sccc1Cl. The molecule has 0 aliphatic heterocycles. The van der Waals surface area contributed by atoms with E-state index in [4.69, 9.17) is 16.7 Å². The predicted octanol–water partition coefficient (Wildman–Crippen LogP) is 3.83. The Hall–Kier alpha value is -0.840. The fourth-order valence-electron chi connectivity index (χ4n) is 1.14. The fraction of sp³-hybridized carbons (Fsp3) is 0. The van der Waals surface area contributed by atoms with E-state index < -0.39 is 5.97 Å². The summed E-state index contributed by atoms with van der Waals surface area (Å²) in [5.74, 6) is -0.903. The highest BCUT2D eigenvalue weighted by Crippen LogP contribution is 2.37. The van der Waals surface area contributed by atoms with Crippen LogP contribution in [-0.2, 0) is 0 Å². The van der Waals surface area contributed by atoms with E-state index in [0.717, 1.165) is 4.88 Å². The van der Waals surface area contributed by atoms with Gasteiger partial charge in [0.1, 0.15) is 4.88 Å². The van der Waals surface area contributed by atoms with E-state index in [1.807, 2.05) is 5.38 Å². The highest BCUT2D eigenvalue weighted by Gasteiger charge is 2.16. The van der Waals surface area contributed by atoms with Crippen LogP contribution in [-0.4, -0.2) is 11.1 Å². The molecule has 2 rings (SSSR count). The number of carboxylic acids is 1. The second-order valence-electron chi connectivity index (χ2n) is 2.57. The Morgan fingerprint density at radius 1 is 1.29 bits per heavy atom. The normalized spacial score (nSPS) is 10.4. The lowest BCUT2D eigenvalue weighted by molar-refractivity contribution is 0.0703. The number of aromatic carboxylic acids is 1. The van der Waals surface area contributed by atoms with E-state index in [2.05, 4.69) is 0 Å². The van der Waals surface area contributed by atoms with Crippen molar-refractivity contribution in [1.82, 2.24) is 0 Å². The summed E-state index contributed by atoms with van der Waals surface area (Å²) in [7, 11) is 0. The van der Waals surface area contributed by atoms with Crippen molar-refractivity contribution in [2.45, 2.75) is 0 Å². The monoisotopic (exact) mass is 244 g/mol. The molecule has 0 saturated carbocycles. The Labute approximate surface area is 93.4 Å². The summed E-state index contributed by atoms with van der Waals surface area (Å²) in [5.41, 5.74) is 0.711. The molecule has 2 heterocycles. The summed E-state index contributed by atoms with van der Waals surface area (Å²) in [6.45, 7) is 0. The van der Waals surface area contributed by atoms with E-state index in [1.54, 1.807) is 17.5 Å². The molecule has 1 N–H and O–H groups in total. The molecule has 72 valence electrons. The molecule has 0 unspecified atom stereocenters. The van der Waals surface area contributed by atoms with Crippen LogP contribution in [0.3, 0.4) is 0 Å². The topological polar surface area (TPSA) is 37.3 Å². The molecule has 0 amide bonds. The summed E-state index contributed by atoms with van der Waals surface area (Å²) >= 11 is 8.59. The van der Waals surface area contributed by atoms with Crippen molar-refractivity contribution in [2.24, 2.45) is 0 Å². The molecule has 0 saturated heterocycles. The van der Waals surface area contributed by atoms with Crippen LogP contribution in [0.4, 0.5) is 0 Å². The molecule has 5 heteroatoms. The van der Waals surface area contributed by atoms with Crippen molar-refractivity contribution in [3.63, 3.8) is 0 Å². The highest BCUT2D eigenvalue weighted by atomic mass is 35.5. The van der Waals surface area contributed by atoms with Crippen LogP contribution in [0.2, 0.25) is 5.02 Å². The molecular weight excluding hydrogens is 240 g/mol. The molecular formula is C9H5ClO2S2. The van der Waals surface area contributed by atoms with Gasteiger partial charge >= 0.3 is 5.97 Å². The summed E-state index contributed by atoms with van der Waals surface area (Å²) in [6, 6.07) is 3.55. The first-order valence-corrected chi connectivity index (χ1v) is 5.88. The Morgan fingerprint density at radius 2 is 2.00 bits per heavy atom. The van der Waals surface area contributed by atoms with Crippen molar-refractivity contribution >= 4 is 40.2 Å². The van der Waals surface area contributed by atoms with E-state index in [-0.39, 0.29) is 0 Å². The summed E-state index contributed by atoms with van der Waals surface area (Å²) in [6.07, 6.45) is 0. The lowest BCUT2D eigenvalue weighted by Crippen LogP contribution is -1.93. The van der Waals surface area contributed by atoms with Gasteiger partial charge in [-0.2, -0.15) is 0 Å². The minimum atomic E-state index is -0.903. The van der Waals surface area contributed by atoms with Crippen molar-refractivity contribution < 1.29 is 9.90 Å². The molecule has 14 heavy (non-hydrogen) atoms. The first-order valence-electron chi connectivity index (χ1n) is 3.74. The van der Waals surface area contributed by atoms with Gasteiger partial charge in [-0.05, 0) is 22.9 Å². The second-order valence-corrected chi connectivity index (χ2v) is 4.81. The van der Waals surface area contributed by atoms with E-state index in [9.17, 15) is 4.79 Å². The van der Waals surface area contributed by atoms with Crippen molar-refractivity contribution in [3.05, 3.63) is 32.8 Å². The average molecular weight is 245 g/mol. The van der Waals surface area contributed by atoms with Gasteiger partial charge in [0.25, 0.3) is 0 Å². The van der Waals surface area contributed by atoms with Crippen molar-refractivity contribution in [2.75, 3.05) is 0 Å². The van der Waals surface area contributed by atoms with E-state index in [0.29, 0.717) is 15.5 Å². The molecule has 0 aromatic carbocycles. The summed E-state index contributed by atoms with van der Waals surface area (Å²) in [5, 5.41) is 13.1. The molecule has 2 aromatic rings. The molecule has 0 fully saturated rings.